The van der Waals surface area contributed by atoms with E-state index in [1.54, 1.807) is 50.4 Å². The Kier molecular flexibility index (Phi) is 4.05. The van der Waals surface area contributed by atoms with Gasteiger partial charge in [0.25, 0.3) is 5.91 Å². The first-order valence-corrected chi connectivity index (χ1v) is 7.02. The summed E-state index contributed by atoms with van der Waals surface area (Å²) in [5.41, 5.74) is 1.98. The zero-order chi connectivity index (χ0) is 16.2. The molecule has 0 atom stereocenters. The molecule has 6 heteroatoms. The molecule has 0 fully saturated rings. The maximum absolute atomic E-state index is 12.3. The molecule has 1 aromatic heterocycles. The van der Waals surface area contributed by atoms with Crippen LogP contribution >= 0.6 is 0 Å². The molecule has 1 amide bonds. The number of hydrogen-bond donors (Lipinski definition) is 1. The number of carbonyl (C=O) groups is 1. The predicted octanol–water partition coefficient (Wildman–Crippen LogP) is 3.31. The van der Waals surface area contributed by atoms with Crippen LogP contribution in [-0.4, -0.2) is 23.2 Å². The van der Waals surface area contributed by atoms with Gasteiger partial charge < -0.3 is 14.6 Å². The molecule has 116 valence electrons. The van der Waals surface area contributed by atoms with Crippen LogP contribution in [0.4, 0.5) is 5.69 Å². The lowest BCUT2D eigenvalue weighted by molar-refractivity contribution is 0.102. The second kappa shape index (κ2) is 6.31. The molecule has 0 saturated heterocycles. The number of aromatic nitrogens is 2. The third-order valence-electron chi connectivity index (χ3n) is 3.26. The number of carbonyl (C=O) groups excluding carboxylic acids is 1. The van der Waals surface area contributed by atoms with E-state index in [2.05, 4.69) is 15.5 Å². The lowest BCUT2D eigenvalue weighted by Crippen LogP contribution is -2.11. The molecule has 0 radical (unpaired) electrons. The normalized spacial score (nSPS) is 10.3. The number of aryl methyl sites for hydroxylation is 1. The molecule has 3 aromatic rings. The summed E-state index contributed by atoms with van der Waals surface area (Å²) in [6.07, 6.45) is 0. The minimum absolute atomic E-state index is 0.200. The first-order chi connectivity index (χ1) is 11.2. The van der Waals surface area contributed by atoms with Gasteiger partial charge in [0.05, 0.1) is 7.11 Å². The van der Waals surface area contributed by atoms with Crippen molar-refractivity contribution in [3.8, 4) is 17.1 Å². The quantitative estimate of drug-likeness (QED) is 0.800. The molecule has 0 bridgehead atoms. The molecular weight excluding hydrogens is 294 g/mol. The fraction of sp³-hybridized carbons (Fsp3) is 0.118. The van der Waals surface area contributed by atoms with Crippen LogP contribution in [0.3, 0.4) is 0 Å². The minimum atomic E-state index is -0.200. The Morgan fingerprint density at radius 2 is 1.96 bits per heavy atom. The molecule has 1 N–H and O–H groups in total. The largest absolute Gasteiger partial charge is 0.497 e. The lowest BCUT2D eigenvalue weighted by Gasteiger charge is -2.07. The molecule has 3 rings (SSSR count). The number of nitrogens with one attached hydrogen (secondary N) is 1. The van der Waals surface area contributed by atoms with Gasteiger partial charge in [-0.2, -0.15) is 4.98 Å². The summed E-state index contributed by atoms with van der Waals surface area (Å²) in [5.74, 6) is 1.49. The van der Waals surface area contributed by atoms with Gasteiger partial charge in [-0.05, 0) is 36.4 Å². The lowest BCUT2D eigenvalue weighted by atomic mass is 10.1. The van der Waals surface area contributed by atoms with Crippen LogP contribution in [0.25, 0.3) is 11.4 Å². The van der Waals surface area contributed by atoms with Gasteiger partial charge in [-0.1, -0.05) is 17.3 Å². The van der Waals surface area contributed by atoms with E-state index in [1.807, 2.05) is 12.1 Å². The van der Waals surface area contributed by atoms with Crippen molar-refractivity contribution in [1.29, 1.82) is 0 Å². The molecule has 1 heterocycles. The van der Waals surface area contributed by atoms with Crippen LogP contribution < -0.4 is 10.1 Å². The summed E-state index contributed by atoms with van der Waals surface area (Å²) in [5, 5.41) is 6.72. The van der Waals surface area contributed by atoms with Gasteiger partial charge in [0.15, 0.2) is 0 Å². The van der Waals surface area contributed by atoms with Gasteiger partial charge in [0.2, 0.25) is 11.7 Å². The van der Waals surface area contributed by atoms with E-state index in [1.165, 1.54) is 0 Å². The Bertz CT molecular complexity index is 825. The van der Waals surface area contributed by atoms with Crippen LogP contribution in [0.5, 0.6) is 5.75 Å². The summed E-state index contributed by atoms with van der Waals surface area (Å²) in [6.45, 7) is 1.73. The average Bonchev–Trinajstić information content (AvgIpc) is 3.02. The van der Waals surface area contributed by atoms with Crippen LogP contribution in [-0.2, 0) is 0 Å². The number of ether oxygens (including phenoxy) is 1. The van der Waals surface area contributed by atoms with Crippen molar-refractivity contribution in [2.24, 2.45) is 0 Å². The molecule has 23 heavy (non-hydrogen) atoms. The first kappa shape index (κ1) is 14.8. The van der Waals surface area contributed by atoms with Gasteiger partial charge in [-0.15, -0.1) is 0 Å². The highest BCUT2D eigenvalue weighted by atomic mass is 16.5. The Labute approximate surface area is 133 Å². The van der Waals surface area contributed by atoms with Crippen LogP contribution in [0.2, 0.25) is 0 Å². The van der Waals surface area contributed by atoms with Crippen molar-refractivity contribution in [2.45, 2.75) is 6.92 Å². The molecule has 6 nitrogen and oxygen atoms in total. The number of anilines is 1. The number of hydrogen-bond acceptors (Lipinski definition) is 5. The second-order valence-electron chi connectivity index (χ2n) is 4.90. The van der Waals surface area contributed by atoms with Gasteiger partial charge in [-0.3, -0.25) is 4.79 Å². The summed E-state index contributed by atoms with van der Waals surface area (Å²) >= 11 is 0. The molecule has 0 aliphatic rings. The van der Waals surface area contributed by atoms with Gasteiger partial charge >= 0.3 is 0 Å². The van der Waals surface area contributed by atoms with Gasteiger partial charge in [0, 0.05) is 23.7 Å². The molecule has 0 aliphatic heterocycles. The van der Waals surface area contributed by atoms with Crippen molar-refractivity contribution in [2.75, 3.05) is 12.4 Å². The Morgan fingerprint density at radius 1 is 1.17 bits per heavy atom. The molecule has 0 spiro atoms. The van der Waals surface area contributed by atoms with Crippen LogP contribution in [0.1, 0.15) is 16.2 Å². The molecular formula is C17H15N3O3. The average molecular weight is 309 g/mol. The van der Waals surface area contributed by atoms with E-state index in [4.69, 9.17) is 9.26 Å². The zero-order valence-corrected chi connectivity index (χ0v) is 12.7. The Balaban J connectivity index is 1.78. The number of benzene rings is 2. The maximum atomic E-state index is 12.3. The first-order valence-electron chi connectivity index (χ1n) is 7.02. The molecule has 0 unspecified atom stereocenters. The number of amides is 1. The number of rotatable bonds is 4. The SMILES string of the molecule is COc1ccc(C(=O)Nc2cccc(-c3noc(C)n3)c2)cc1. The number of methoxy groups -OCH3 is 1. The van der Waals surface area contributed by atoms with E-state index in [9.17, 15) is 4.79 Å². The smallest absolute Gasteiger partial charge is 0.255 e. The summed E-state index contributed by atoms with van der Waals surface area (Å²) in [4.78, 5) is 16.4. The van der Waals surface area contributed by atoms with E-state index in [0.29, 0.717) is 28.7 Å². The fourth-order valence-electron chi connectivity index (χ4n) is 2.10. The molecule has 0 aliphatic carbocycles. The van der Waals surface area contributed by atoms with E-state index in [-0.39, 0.29) is 5.91 Å². The maximum Gasteiger partial charge on any atom is 0.255 e. The Morgan fingerprint density at radius 3 is 2.61 bits per heavy atom. The number of nitrogens with zero attached hydrogens (tertiary/aromatic N) is 2. The minimum Gasteiger partial charge on any atom is -0.497 e. The highest BCUT2D eigenvalue weighted by Gasteiger charge is 2.09. The summed E-state index contributed by atoms with van der Waals surface area (Å²) < 4.78 is 10.1. The van der Waals surface area contributed by atoms with Crippen LogP contribution in [0, 0.1) is 6.92 Å². The van der Waals surface area contributed by atoms with E-state index in [0.717, 1.165) is 5.56 Å². The van der Waals surface area contributed by atoms with Crippen LogP contribution in [0.15, 0.2) is 53.1 Å². The van der Waals surface area contributed by atoms with Crippen molar-refractivity contribution in [3.63, 3.8) is 0 Å². The highest BCUT2D eigenvalue weighted by Crippen LogP contribution is 2.21. The van der Waals surface area contributed by atoms with Crippen molar-refractivity contribution >= 4 is 11.6 Å². The second-order valence-corrected chi connectivity index (χ2v) is 4.90. The monoisotopic (exact) mass is 309 g/mol. The molecule has 2 aromatic carbocycles. The highest BCUT2D eigenvalue weighted by molar-refractivity contribution is 6.04. The Hall–Kier alpha value is -3.15. The summed E-state index contributed by atoms with van der Waals surface area (Å²) in [7, 11) is 1.58. The third kappa shape index (κ3) is 3.37. The van der Waals surface area contributed by atoms with E-state index < -0.39 is 0 Å². The predicted molar refractivity (Wildman–Crippen MR) is 85.4 cm³/mol. The summed E-state index contributed by atoms with van der Waals surface area (Å²) in [6, 6.07) is 14.2. The van der Waals surface area contributed by atoms with Crippen molar-refractivity contribution in [3.05, 3.63) is 60.0 Å². The van der Waals surface area contributed by atoms with Crippen molar-refractivity contribution < 1.29 is 14.1 Å². The van der Waals surface area contributed by atoms with E-state index >= 15 is 0 Å². The topological polar surface area (TPSA) is 77.2 Å². The van der Waals surface area contributed by atoms with Crippen molar-refractivity contribution in [1.82, 2.24) is 10.1 Å². The van der Waals surface area contributed by atoms with Gasteiger partial charge in [-0.25, -0.2) is 0 Å². The zero-order valence-electron chi connectivity index (χ0n) is 12.7. The standard InChI is InChI=1S/C17H15N3O3/c1-11-18-16(20-23-11)13-4-3-5-14(10-13)19-17(21)12-6-8-15(22-2)9-7-12/h3-10H,1-2H3,(H,19,21). The third-order valence-corrected chi connectivity index (χ3v) is 3.26. The molecule has 0 saturated carbocycles. The fourth-order valence-corrected chi connectivity index (χ4v) is 2.10. The van der Waals surface area contributed by atoms with Gasteiger partial charge in [0.1, 0.15) is 5.75 Å².